The Hall–Kier alpha value is -4.14. The van der Waals surface area contributed by atoms with E-state index in [0.29, 0.717) is 17.0 Å². The van der Waals surface area contributed by atoms with E-state index in [9.17, 15) is 19.8 Å². The molecule has 9 nitrogen and oxygen atoms in total. The molecule has 0 aliphatic rings. The summed E-state index contributed by atoms with van der Waals surface area (Å²) in [7, 11) is 1.47. The molecule has 0 aliphatic heterocycles. The number of ether oxygens (including phenoxy) is 1. The molecule has 3 rings (SSSR count). The minimum atomic E-state index is -0.593. The second-order valence-corrected chi connectivity index (χ2v) is 5.95. The Labute approximate surface area is 166 Å². The zero-order chi connectivity index (χ0) is 20.8. The first kappa shape index (κ1) is 19.6. The van der Waals surface area contributed by atoms with Crippen molar-refractivity contribution in [2.24, 2.45) is 0 Å². The Balaban J connectivity index is 1.75. The fourth-order valence-corrected chi connectivity index (χ4v) is 2.55. The van der Waals surface area contributed by atoms with Crippen molar-refractivity contribution in [1.29, 1.82) is 0 Å². The molecule has 148 valence electrons. The molecule has 0 unspecified atom stereocenters. The first-order chi connectivity index (χ1) is 14.0. The van der Waals surface area contributed by atoms with Crippen molar-refractivity contribution in [2.45, 2.75) is 6.54 Å². The number of aromatic hydroxyl groups is 2. The molecule has 0 radical (unpaired) electrons. The van der Waals surface area contributed by atoms with Crippen molar-refractivity contribution >= 4 is 17.5 Å². The maximum Gasteiger partial charge on any atom is 0.278 e. The Morgan fingerprint density at radius 1 is 0.966 bits per heavy atom. The van der Waals surface area contributed by atoms with Crippen molar-refractivity contribution in [3.63, 3.8) is 0 Å². The van der Waals surface area contributed by atoms with Crippen LogP contribution in [-0.2, 0) is 6.54 Å². The van der Waals surface area contributed by atoms with E-state index in [0.717, 1.165) is 0 Å². The lowest BCUT2D eigenvalue weighted by Gasteiger charge is -2.12. The van der Waals surface area contributed by atoms with Crippen LogP contribution in [-0.4, -0.2) is 39.1 Å². The summed E-state index contributed by atoms with van der Waals surface area (Å²) in [6.07, 6.45) is 2.80. The zero-order valence-corrected chi connectivity index (χ0v) is 15.4. The number of amides is 2. The van der Waals surface area contributed by atoms with E-state index in [1.54, 1.807) is 18.2 Å². The first-order valence-corrected chi connectivity index (χ1v) is 8.53. The summed E-state index contributed by atoms with van der Waals surface area (Å²) in [4.78, 5) is 32.3. The topological polar surface area (TPSA) is 134 Å². The number of pyridine rings is 2. The Morgan fingerprint density at radius 2 is 1.59 bits per heavy atom. The molecular weight excluding hydrogens is 376 g/mol. The average molecular weight is 394 g/mol. The van der Waals surface area contributed by atoms with Crippen LogP contribution in [0.4, 0.5) is 5.69 Å². The number of aromatic nitrogens is 2. The molecule has 2 aromatic heterocycles. The first-order valence-electron chi connectivity index (χ1n) is 8.53. The van der Waals surface area contributed by atoms with Crippen molar-refractivity contribution in [3.8, 4) is 17.2 Å². The predicted octanol–water partition coefficient (Wildman–Crippen LogP) is 2.08. The number of hydrogen-bond acceptors (Lipinski definition) is 7. The van der Waals surface area contributed by atoms with Gasteiger partial charge in [-0.3, -0.25) is 9.59 Å². The van der Waals surface area contributed by atoms with E-state index in [1.807, 2.05) is 0 Å². The van der Waals surface area contributed by atoms with Crippen LogP contribution in [0.2, 0.25) is 0 Å². The molecule has 0 atom stereocenters. The lowest BCUT2D eigenvalue weighted by atomic mass is 10.1. The molecular formula is C20H18N4O5. The van der Waals surface area contributed by atoms with E-state index >= 15 is 0 Å². The molecule has 0 fully saturated rings. The van der Waals surface area contributed by atoms with Crippen LogP contribution in [0.3, 0.4) is 0 Å². The van der Waals surface area contributed by atoms with Gasteiger partial charge in [-0.1, -0.05) is 0 Å². The molecule has 0 saturated heterocycles. The van der Waals surface area contributed by atoms with Crippen LogP contribution in [0.25, 0.3) is 0 Å². The Morgan fingerprint density at radius 3 is 2.17 bits per heavy atom. The maximum atomic E-state index is 12.4. The highest BCUT2D eigenvalue weighted by molar-refractivity contribution is 6.04. The lowest BCUT2D eigenvalue weighted by molar-refractivity contribution is 0.0941. The number of nitrogens with zero attached hydrogens (tertiary/aromatic N) is 2. The van der Waals surface area contributed by atoms with Gasteiger partial charge in [0.15, 0.2) is 11.4 Å². The number of carbonyl (C=O) groups excluding carboxylic acids is 2. The minimum absolute atomic E-state index is 0.0884. The fraction of sp³-hybridized carbons (Fsp3) is 0.100. The van der Waals surface area contributed by atoms with Crippen molar-refractivity contribution in [1.82, 2.24) is 15.3 Å². The van der Waals surface area contributed by atoms with Gasteiger partial charge in [-0.25, -0.2) is 9.97 Å². The summed E-state index contributed by atoms with van der Waals surface area (Å²) < 4.78 is 5.24. The largest absolute Gasteiger partial charge is 0.505 e. The minimum Gasteiger partial charge on any atom is -0.505 e. The summed E-state index contributed by atoms with van der Waals surface area (Å²) >= 11 is 0. The van der Waals surface area contributed by atoms with Crippen LogP contribution >= 0.6 is 0 Å². The molecule has 3 aromatic rings. The number of carbonyl (C=O) groups is 2. The van der Waals surface area contributed by atoms with Crippen LogP contribution in [0.15, 0.2) is 54.9 Å². The monoisotopic (exact) mass is 394 g/mol. The van der Waals surface area contributed by atoms with Crippen LogP contribution in [0, 0.1) is 0 Å². The molecule has 2 amide bonds. The van der Waals surface area contributed by atoms with Gasteiger partial charge in [0.1, 0.15) is 17.2 Å². The van der Waals surface area contributed by atoms with Crippen molar-refractivity contribution in [3.05, 3.63) is 71.8 Å². The average Bonchev–Trinajstić information content (AvgIpc) is 2.72. The molecule has 1 aromatic carbocycles. The van der Waals surface area contributed by atoms with E-state index in [4.69, 9.17) is 4.74 Å². The number of methoxy groups -OCH3 is 1. The third kappa shape index (κ3) is 4.78. The van der Waals surface area contributed by atoms with Crippen LogP contribution in [0.5, 0.6) is 17.2 Å². The molecule has 0 spiro atoms. The lowest BCUT2D eigenvalue weighted by Crippen LogP contribution is -2.24. The summed E-state index contributed by atoms with van der Waals surface area (Å²) in [5.41, 5.74) is 0.823. The smallest absolute Gasteiger partial charge is 0.278 e. The van der Waals surface area contributed by atoms with Gasteiger partial charge < -0.3 is 25.6 Å². The highest BCUT2D eigenvalue weighted by Gasteiger charge is 2.15. The summed E-state index contributed by atoms with van der Waals surface area (Å²) in [5.74, 6) is -1.15. The molecule has 0 aliphatic carbocycles. The molecule has 2 heterocycles. The van der Waals surface area contributed by atoms with Gasteiger partial charge in [0, 0.05) is 30.7 Å². The predicted molar refractivity (Wildman–Crippen MR) is 104 cm³/mol. The Bertz CT molecular complexity index is 1050. The number of benzene rings is 1. The number of rotatable bonds is 6. The summed E-state index contributed by atoms with van der Waals surface area (Å²) in [6, 6.07) is 10.7. The zero-order valence-electron chi connectivity index (χ0n) is 15.4. The third-order valence-corrected chi connectivity index (χ3v) is 3.92. The molecule has 0 saturated carbocycles. The van der Waals surface area contributed by atoms with Gasteiger partial charge in [0.2, 0.25) is 0 Å². The van der Waals surface area contributed by atoms with Gasteiger partial charge in [0.05, 0.1) is 7.11 Å². The van der Waals surface area contributed by atoms with Crippen LogP contribution in [0.1, 0.15) is 26.5 Å². The number of hydrogen-bond donors (Lipinski definition) is 4. The fourth-order valence-electron chi connectivity index (χ4n) is 2.55. The maximum absolute atomic E-state index is 12.4. The van der Waals surface area contributed by atoms with Gasteiger partial charge in [-0.2, -0.15) is 0 Å². The molecule has 4 N–H and O–H groups in total. The molecule has 9 heteroatoms. The summed E-state index contributed by atoms with van der Waals surface area (Å²) in [6.45, 7) is 0.101. The van der Waals surface area contributed by atoms with E-state index < -0.39 is 11.8 Å². The Kier molecular flexibility index (Phi) is 5.88. The standard InChI is InChI=1S/C20H18N4O5/c1-29-14-9-12(11-23-19(27)17-15(25)4-2-6-21-17)8-13(10-14)24-20(28)18-16(26)5-3-7-22-18/h2-10,25-26H,11H2,1H3,(H,23,27)(H,24,28). The highest BCUT2D eigenvalue weighted by Crippen LogP contribution is 2.23. The van der Waals surface area contributed by atoms with Crippen molar-refractivity contribution < 1.29 is 24.5 Å². The van der Waals surface area contributed by atoms with E-state index in [-0.39, 0.29) is 29.4 Å². The van der Waals surface area contributed by atoms with Crippen LogP contribution < -0.4 is 15.4 Å². The second-order valence-electron chi connectivity index (χ2n) is 5.95. The van der Waals surface area contributed by atoms with E-state index in [1.165, 1.54) is 43.8 Å². The highest BCUT2D eigenvalue weighted by atomic mass is 16.5. The van der Waals surface area contributed by atoms with E-state index in [2.05, 4.69) is 20.6 Å². The van der Waals surface area contributed by atoms with Gasteiger partial charge in [-0.15, -0.1) is 0 Å². The van der Waals surface area contributed by atoms with Gasteiger partial charge in [0.25, 0.3) is 11.8 Å². The normalized spacial score (nSPS) is 10.2. The molecule has 29 heavy (non-hydrogen) atoms. The second kappa shape index (κ2) is 8.70. The quantitative estimate of drug-likeness (QED) is 0.503. The molecule has 0 bridgehead atoms. The van der Waals surface area contributed by atoms with Gasteiger partial charge in [-0.05, 0) is 42.0 Å². The number of nitrogens with one attached hydrogen (secondary N) is 2. The third-order valence-electron chi connectivity index (χ3n) is 3.92. The SMILES string of the molecule is COc1cc(CNC(=O)c2ncccc2O)cc(NC(=O)c2ncccc2O)c1. The summed E-state index contributed by atoms with van der Waals surface area (Å²) in [5, 5.41) is 24.8. The number of anilines is 1. The van der Waals surface area contributed by atoms with Gasteiger partial charge >= 0.3 is 0 Å². The van der Waals surface area contributed by atoms with Crippen molar-refractivity contribution in [2.75, 3.05) is 12.4 Å².